The molecule has 5 heteroatoms. The molecule has 0 bridgehead atoms. The van der Waals surface area contributed by atoms with Crippen molar-refractivity contribution >= 4 is 12.1 Å². The van der Waals surface area contributed by atoms with Gasteiger partial charge >= 0.3 is 12.1 Å². The van der Waals surface area contributed by atoms with Crippen LogP contribution in [-0.4, -0.2) is 41.3 Å². The largest absolute Gasteiger partial charge is 0.467 e. The molecule has 1 amide bonds. The smallest absolute Gasteiger partial charge is 0.411 e. The first-order valence-corrected chi connectivity index (χ1v) is 7.80. The number of hydrogen-bond acceptors (Lipinski definition) is 4. The van der Waals surface area contributed by atoms with E-state index in [-0.39, 0.29) is 12.0 Å². The fourth-order valence-electron chi connectivity index (χ4n) is 3.79. The van der Waals surface area contributed by atoms with Crippen LogP contribution in [0.2, 0.25) is 0 Å². The van der Waals surface area contributed by atoms with E-state index in [0.717, 1.165) is 19.3 Å². The summed E-state index contributed by atoms with van der Waals surface area (Å²) in [6, 6.07) is 0.0951. The van der Waals surface area contributed by atoms with Crippen LogP contribution in [0.3, 0.4) is 0 Å². The first kappa shape index (κ1) is 16.1. The molecule has 1 saturated carbocycles. The highest BCUT2D eigenvalue weighted by atomic mass is 16.6. The summed E-state index contributed by atoms with van der Waals surface area (Å²) >= 11 is 0. The van der Waals surface area contributed by atoms with Crippen LogP contribution in [0.25, 0.3) is 0 Å². The molecule has 0 unspecified atom stereocenters. The summed E-state index contributed by atoms with van der Waals surface area (Å²) in [7, 11) is 1.38. The van der Waals surface area contributed by atoms with Gasteiger partial charge < -0.3 is 9.47 Å². The molecule has 5 nitrogen and oxygen atoms in total. The number of nitrogens with zero attached hydrogens (tertiary/aromatic N) is 1. The van der Waals surface area contributed by atoms with E-state index in [0.29, 0.717) is 12.3 Å². The molecule has 0 spiro atoms. The van der Waals surface area contributed by atoms with E-state index >= 15 is 0 Å². The van der Waals surface area contributed by atoms with Crippen LogP contribution in [0.15, 0.2) is 0 Å². The number of carbonyl (C=O) groups is 2. The quantitative estimate of drug-likeness (QED) is 0.698. The molecule has 3 atom stereocenters. The Morgan fingerprint density at radius 1 is 1.19 bits per heavy atom. The van der Waals surface area contributed by atoms with Gasteiger partial charge in [-0.25, -0.2) is 9.59 Å². The van der Waals surface area contributed by atoms with Crippen molar-refractivity contribution in [1.82, 2.24) is 4.90 Å². The van der Waals surface area contributed by atoms with Crippen molar-refractivity contribution in [3.63, 3.8) is 0 Å². The number of esters is 1. The Labute approximate surface area is 127 Å². The summed E-state index contributed by atoms with van der Waals surface area (Å²) < 4.78 is 10.5. The zero-order chi connectivity index (χ0) is 15.8. The number of carbonyl (C=O) groups excluding carboxylic acids is 2. The number of likely N-dealkylation sites (tertiary alicyclic amines) is 1. The van der Waals surface area contributed by atoms with E-state index < -0.39 is 17.2 Å². The monoisotopic (exact) mass is 297 g/mol. The average Bonchev–Trinajstić information content (AvgIpc) is 2.69. The fourth-order valence-corrected chi connectivity index (χ4v) is 3.79. The second-order valence-corrected chi connectivity index (χ2v) is 7.43. The van der Waals surface area contributed by atoms with E-state index in [9.17, 15) is 9.59 Å². The van der Waals surface area contributed by atoms with Crippen LogP contribution in [0, 0.1) is 5.92 Å². The normalized spacial score (nSPS) is 32.5. The van der Waals surface area contributed by atoms with E-state index in [2.05, 4.69) is 0 Å². The van der Waals surface area contributed by atoms with Gasteiger partial charge in [0.25, 0.3) is 0 Å². The maximum absolute atomic E-state index is 12.6. The van der Waals surface area contributed by atoms with Gasteiger partial charge in [-0.05, 0) is 52.9 Å². The summed E-state index contributed by atoms with van der Waals surface area (Å²) in [5.41, 5.74) is -1.47. The maximum Gasteiger partial charge on any atom is 0.411 e. The van der Waals surface area contributed by atoms with Gasteiger partial charge in [-0.1, -0.05) is 12.8 Å². The minimum absolute atomic E-state index is 0.0951. The Bertz CT molecular complexity index is 428. The minimum atomic E-state index is -0.906. The number of methoxy groups -OCH3 is 1. The lowest BCUT2D eigenvalue weighted by Gasteiger charge is -2.38. The van der Waals surface area contributed by atoms with Crippen molar-refractivity contribution in [2.24, 2.45) is 5.92 Å². The molecule has 21 heavy (non-hydrogen) atoms. The zero-order valence-corrected chi connectivity index (χ0v) is 13.8. The second-order valence-electron chi connectivity index (χ2n) is 7.43. The first-order valence-electron chi connectivity index (χ1n) is 7.80. The molecule has 0 aromatic heterocycles. The van der Waals surface area contributed by atoms with Gasteiger partial charge in [0.15, 0.2) is 0 Å². The Balaban J connectivity index is 2.31. The molecular weight excluding hydrogens is 270 g/mol. The predicted octanol–water partition coefficient (Wildman–Crippen LogP) is 3.12. The van der Waals surface area contributed by atoms with Gasteiger partial charge in [-0.3, -0.25) is 4.90 Å². The summed E-state index contributed by atoms with van der Waals surface area (Å²) in [5, 5.41) is 0. The Morgan fingerprint density at radius 2 is 1.81 bits per heavy atom. The molecule has 2 rings (SSSR count). The van der Waals surface area contributed by atoms with Crippen LogP contribution in [0.4, 0.5) is 4.79 Å². The lowest BCUT2D eigenvalue weighted by molar-refractivity contribution is -0.152. The highest BCUT2D eigenvalue weighted by Crippen LogP contribution is 2.46. The van der Waals surface area contributed by atoms with E-state index in [1.165, 1.54) is 13.5 Å². The topological polar surface area (TPSA) is 55.8 Å². The van der Waals surface area contributed by atoms with Crippen LogP contribution >= 0.6 is 0 Å². The van der Waals surface area contributed by atoms with Gasteiger partial charge in [-0.15, -0.1) is 0 Å². The summed E-state index contributed by atoms with van der Waals surface area (Å²) in [4.78, 5) is 26.6. The summed E-state index contributed by atoms with van der Waals surface area (Å²) in [6.07, 6.45) is 4.54. The molecule has 0 aromatic rings. The van der Waals surface area contributed by atoms with Gasteiger partial charge in [0.05, 0.1) is 7.11 Å². The molecular formula is C16H27NO4. The van der Waals surface area contributed by atoms with Crippen LogP contribution in [0.1, 0.15) is 59.8 Å². The Morgan fingerprint density at radius 3 is 2.38 bits per heavy atom. The van der Waals surface area contributed by atoms with Gasteiger partial charge in [0.1, 0.15) is 11.1 Å². The standard InChI is InChI=1S/C16H27NO4/c1-15(2,3)21-14(19)17-12-9-7-6-8-11(12)10-16(17,4)13(18)20-5/h11-12H,6-10H2,1-5H3/t11-,12-,16-/m0/s1. The molecule has 0 aromatic carbocycles. The molecule has 2 aliphatic rings. The van der Waals surface area contributed by atoms with E-state index in [4.69, 9.17) is 9.47 Å². The average molecular weight is 297 g/mol. The zero-order valence-electron chi connectivity index (χ0n) is 13.8. The molecule has 0 N–H and O–H groups in total. The third-order valence-electron chi connectivity index (χ3n) is 4.61. The third kappa shape index (κ3) is 3.01. The predicted molar refractivity (Wildman–Crippen MR) is 78.9 cm³/mol. The number of fused-ring (bicyclic) bond motifs is 1. The molecule has 1 heterocycles. The van der Waals surface area contributed by atoms with Crippen molar-refractivity contribution in [2.75, 3.05) is 7.11 Å². The van der Waals surface area contributed by atoms with Gasteiger partial charge in [0.2, 0.25) is 0 Å². The number of ether oxygens (including phenoxy) is 2. The van der Waals surface area contributed by atoms with Gasteiger partial charge in [0, 0.05) is 6.04 Å². The Kier molecular flexibility index (Phi) is 4.22. The van der Waals surface area contributed by atoms with E-state index in [1.807, 2.05) is 20.8 Å². The summed E-state index contributed by atoms with van der Waals surface area (Å²) in [5.74, 6) is 0.0260. The van der Waals surface area contributed by atoms with Crippen molar-refractivity contribution in [1.29, 1.82) is 0 Å². The highest BCUT2D eigenvalue weighted by Gasteiger charge is 2.57. The van der Waals surface area contributed by atoms with Crippen LogP contribution in [0.5, 0.6) is 0 Å². The molecule has 2 fully saturated rings. The van der Waals surface area contributed by atoms with Crippen LogP contribution in [-0.2, 0) is 14.3 Å². The van der Waals surface area contributed by atoms with Crippen molar-refractivity contribution in [3.8, 4) is 0 Å². The van der Waals surface area contributed by atoms with Crippen molar-refractivity contribution in [2.45, 2.75) is 77.0 Å². The number of hydrogen-bond donors (Lipinski definition) is 0. The molecule has 120 valence electrons. The summed E-state index contributed by atoms with van der Waals surface area (Å²) in [6.45, 7) is 7.33. The lowest BCUT2D eigenvalue weighted by atomic mass is 9.83. The SMILES string of the molecule is COC(=O)[C@]1(C)C[C@@H]2CCCC[C@@H]2N1C(=O)OC(C)(C)C. The molecule has 1 aliphatic carbocycles. The van der Waals surface area contributed by atoms with Crippen LogP contribution < -0.4 is 0 Å². The fraction of sp³-hybridized carbons (Fsp3) is 0.875. The lowest BCUT2D eigenvalue weighted by Crippen LogP contribution is -2.55. The number of amides is 1. The van der Waals surface area contributed by atoms with Crippen molar-refractivity contribution < 1.29 is 19.1 Å². The molecule has 0 radical (unpaired) electrons. The first-order chi connectivity index (χ1) is 9.69. The minimum Gasteiger partial charge on any atom is -0.467 e. The van der Waals surface area contributed by atoms with Crippen molar-refractivity contribution in [3.05, 3.63) is 0 Å². The third-order valence-corrected chi connectivity index (χ3v) is 4.61. The molecule has 1 aliphatic heterocycles. The van der Waals surface area contributed by atoms with E-state index in [1.54, 1.807) is 11.8 Å². The Hall–Kier alpha value is -1.26. The highest BCUT2D eigenvalue weighted by molar-refractivity contribution is 5.86. The maximum atomic E-state index is 12.6. The molecule has 1 saturated heterocycles. The van der Waals surface area contributed by atoms with Gasteiger partial charge in [-0.2, -0.15) is 0 Å². The second kappa shape index (κ2) is 5.50. The number of rotatable bonds is 1.